The lowest BCUT2D eigenvalue weighted by atomic mass is 10.1. The molecule has 10 heteroatoms. The molecule has 3 aliphatic rings. The van der Waals surface area contributed by atoms with Crippen LogP contribution in [0.15, 0.2) is 30.6 Å². The Morgan fingerprint density at radius 2 is 2.03 bits per heavy atom. The van der Waals surface area contributed by atoms with Gasteiger partial charge in [-0.15, -0.1) is 5.10 Å². The first-order valence-electron chi connectivity index (χ1n) is 12.2. The molecule has 2 aliphatic carbocycles. The van der Waals surface area contributed by atoms with E-state index in [4.69, 9.17) is 15.1 Å². The quantitative estimate of drug-likeness (QED) is 0.405. The zero-order valence-corrected chi connectivity index (χ0v) is 18.9. The molecule has 0 bridgehead atoms. The molecular formula is C24H27N9O. The molecule has 1 atom stereocenters. The SMILES string of the molecule is O=C1NCCNC[C@H]1Nc1nc2c(C3CC3)cccc2c2nc(-c3cnn(CC4CC4)c3)nn12. The van der Waals surface area contributed by atoms with Gasteiger partial charge in [0.05, 0.1) is 17.3 Å². The maximum atomic E-state index is 12.6. The second-order valence-corrected chi connectivity index (χ2v) is 9.71. The highest BCUT2D eigenvalue weighted by Gasteiger charge is 2.29. The fourth-order valence-corrected chi connectivity index (χ4v) is 4.75. The van der Waals surface area contributed by atoms with Gasteiger partial charge in [-0.25, -0.2) is 9.97 Å². The van der Waals surface area contributed by atoms with Crippen LogP contribution < -0.4 is 16.0 Å². The Morgan fingerprint density at radius 1 is 1.12 bits per heavy atom. The average Bonchev–Trinajstić information content (AvgIpc) is 3.76. The number of benzene rings is 1. The highest BCUT2D eigenvalue weighted by molar-refractivity contribution is 5.95. The van der Waals surface area contributed by atoms with Crippen molar-refractivity contribution in [1.29, 1.82) is 0 Å². The molecule has 0 radical (unpaired) electrons. The first kappa shape index (κ1) is 19.9. The van der Waals surface area contributed by atoms with Crippen molar-refractivity contribution in [3.8, 4) is 11.4 Å². The Hall–Kier alpha value is -3.53. The number of hydrogen-bond acceptors (Lipinski definition) is 7. The van der Waals surface area contributed by atoms with Gasteiger partial charge < -0.3 is 16.0 Å². The summed E-state index contributed by atoms with van der Waals surface area (Å²) in [5.74, 6) is 2.38. The molecule has 0 spiro atoms. The number of amides is 1. The Labute approximate surface area is 196 Å². The number of nitrogens with one attached hydrogen (secondary N) is 3. The third-order valence-corrected chi connectivity index (χ3v) is 6.95. The summed E-state index contributed by atoms with van der Waals surface area (Å²) in [5, 5.41) is 19.9. The number of anilines is 1. The van der Waals surface area contributed by atoms with Gasteiger partial charge in [-0.2, -0.15) is 9.61 Å². The van der Waals surface area contributed by atoms with Gasteiger partial charge in [0.25, 0.3) is 0 Å². The van der Waals surface area contributed by atoms with Crippen molar-refractivity contribution < 1.29 is 4.79 Å². The first-order valence-corrected chi connectivity index (χ1v) is 12.2. The summed E-state index contributed by atoms with van der Waals surface area (Å²) in [5.41, 5.74) is 3.80. The average molecular weight is 458 g/mol. The molecule has 7 rings (SSSR count). The van der Waals surface area contributed by atoms with Crippen LogP contribution >= 0.6 is 0 Å². The molecule has 174 valence electrons. The number of nitrogens with zero attached hydrogens (tertiary/aromatic N) is 6. The van der Waals surface area contributed by atoms with Crippen molar-refractivity contribution in [1.82, 2.24) is 40.0 Å². The number of fused-ring (bicyclic) bond motifs is 3. The zero-order chi connectivity index (χ0) is 22.6. The van der Waals surface area contributed by atoms with Crippen molar-refractivity contribution in [2.24, 2.45) is 5.92 Å². The van der Waals surface area contributed by atoms with Gasteiger partial charge in [0.1, 0.15) is 6.04 Å². The number of rotatable bonds is 6. The molecule has 3 fully saturated rings. The van der Waals surface area contributed by atoms with E-state index in [1.54, 1.807) is 4.52 Å². The number of carbonyl (C=O) groups is 1. The van der Waals surface area contributed by atoms with Crippen LogP contribution in [0.4, 0.5) is 5.95 Å². The smallest absolute Gasteiger partial charge is 0.243 e. The van der Waals surface area contributed by atoms with Crippen LogP contribution in [0.2, 0.25) is 0 Å². The molecular weight excluding hydrogens is 430 g/mol. The van der Waals surface area contributed by atoms with E-state index in [2.05, 4.69) is 39.2 Å². The van der Waals surface area contributed by atoms with Crippen molar-refractivity contribution >= 4 is 28.4 Å². The lowest BCUT2D eigenvalue weighted by molar-refractivity contribution is -0.121. The monoisotopic (exact) mass is 457 g/mol. The molecule has 1 aromatic carbocycles. The van der Waals surface area contributed by atoms with E-state index in [1.807, 2.05) is 17.1 Å². The normalized spacial score (nSPS) is 21.1. The summed E-state index contributed by atoms with van der Waals surface area (Å²) in [4.78, 5) is 22.6. The van der Waals surface area contributed by atoms with E-state index < -0.39 is 6.04 Å². The standard InChI is InChI=1S/C24H27N9O/c34-23-19(11-25-8-9-26-23)28-24-29-20-17(15-6-7-15)2-1-3-18(20)22-30-21(31-33(22)24)16-10-27-32(13-16)12-14-4-5-14/h1-3,10,13-15,19,25H,4-9,11-12H2,(H,26,34)(H,28,29)/t19-/m1/s1. The molecule has 0 unspecified atom stereocenters. The van der Waals surface area contributed by atoms with Crippen LogP contribution in [0.5, 0.6) is 0 Å². The molecule has 3 aromatic heterocycles. The Morgan fingerprint density at radius 3 is 2.88 bits per heavy atom. The van der Waals surface area contributed by atoms with E-state index in [0.29, 0.717) is 30.8 Å². The lowest BCUT2D eigenvalue weighted by Gasteiger charge is -2.17. The van der Waals surface area contributed by atoms with Gasteiger partial charge in [0.15, 0.2) is 11.5 Å². The topological polar surface area (TPSA) is 114 Å². The van der Waals surface area contributed by atoms with Gasteiger partial charge in [-0.05, 0) is 49.1 Å². The largest absolute Gasteiger partial charge is 0.353 e. The van der Waals surface area contributed by atoms with Gasteiger partial charge in [0, 0.05) is 37.8 Å². The van der Waals surface area contributed by atoms with E-state index in [-0.39, 0.29) is 5.91 Å². The molecule has 10 nitrogen and oxygen atoms in total. The van der Waals surface area contributed by atoms with Gasteiger partial charge in [-0.1, -0.05) is 12.1 Å². The molecule has 4 aromatic rings. The van der Waals surface area contributed by atoms with Crippen molar-refractivity contribution in [2.45, 2.75) is 44.2 Å². The first-order chi connectivity index (χ1) is 16.7. The number of carbonyl (C=O) groups excluding carboxylic acids is 1. The van der Waals surface area contributed by atoms with Crippen LogP contribution in [0.25, 0.3) is 27.9 Å². The van der Waals surface area contributed by atoms with Gasteiger partial charge in [0.2, 0.25) is 11.9 Å². The summed E-state index contributed by atoms with van der Waals surface area (Å²) in [6.45, 7) is 2.82. The Bertz CT molecular complexity index is 1400. The van der Waals surface area contributed by atoms with E-state index in [1.165, 1.54) is 31.2 Å². The summed E-state index contributed by atoms with van der Waals surface area (Å²) in [6.07, 6.45) is 8.78. The summed E-state index contributed by atoms with van der Waals surface area (Å²) in [7, 11) is 0. The fourth-order valence-electron chi connectivity index (χ4n) is 4.75. The second-order valence-electron chi connectivity index (χ2n) is 9.71. The predicted molar refractivity (Wildman–Crippen MR) is 127 cm³/mol. The highest BCUT2D eigenvalue weighted by Crippen LogP contribution is 2.43. The van der Waals surface area contributed by atoms with Crippen LogP contribution in [0.1, 0.15) is 37.2 Å². The number of aromatic nitrogens is 6. The lowest BCUT2D eigenvalue weighted by Crippen LogP contribution is -2.42. The van der Waals surface area contributed by atoms with Crippen LogP contribution in [0, 0.1) is 5.92 Å². The van der Waals surface area contributed by atoms with E-state index in [9.17, 15) is 4.79 Å². The molecule has 3 N–H and O–H groups in total. The Balaban J connectivity index is 1.36. The third-order valence-electron chi connectivity index (χ3n) is 6.95. The van der Waals surface area contributed by atoms with Gasteiger partial charge in [-0.3, -0.25) is 9.48 Å². The minimum absolute atomic E-state index is 0.0442. The summed E-state index contributed by atoms with van der Waals surface area (Å²) < 4.78 is 3.73. The van der Waals surface area contributed by atoms with E-state index >= 15 is 0 Å². The fraction of sp³-hybridized carbons (Fsp3) is 0.458. The van der Waals surface area contributed by atoms with Crippen molar-refractivity contribution in [3.05, 3.63) is 36.2 Å². The van der Waals surface area contributed by atoms with Gasteiger partial charge >= 0.3 is 0 Å². The molecule has 34 heavy (non-hydrogen) atoms. The Kier molecular flexibility index (Phi) is 4.54. The summed E-state index contributed by atoms with van der Waals surface area (Å²) >= 11 is 0. The number of para-hydroxylation sites is 1. The van der Waals surface area contributed by atoms with Crippen molar-refractivity contribution in [2.75, 3.05) is 25.0 Å². The minimum atomic E-state index is -0.447. The zero-order valence-electron chi connectivity index (χ0n) is 18.9. The van der Waals surface area contributed by atoms with Crippen LogP contribution in [0.3, 0.4) is 0 Å². The second kappa shape index (κ2) is 7.76. The number of hydrogen-bond donors (Lipinski definition) is 3. The van der Waals surface area contributed by atoms with Crippen LogP contribution in [-0.2, 0) is 11.3 Å². The molecule has 1 amide bonds. The highest BCUT2D eigenvalue weighted by atomic mass is 16.2. The van der Waals surface area contributed by atoms with E-state index in [0.717, 1.165) is 41.1 Å². The van der Waals surface area contributed by atoms with Crippen LogP contribution in [-0.4, -0.2) is 60.9 Å². The molecule has 4 heterocycles. The third kappa shape index (κ3) is 3.58. The maximum absolute atomic E-state index is 12.6. The molecule has 1 saturated heterocycles. The summed E-state index contributed by atoms with van der Waals surface area (Å²) in [6, 6.07) is 5.85. The maximum Gasteiger partial charge on any atom is 0.243 e. The molecule has 2 saturated carbocycles. The predicted octanol–water partition coefficient (Wildman–Crippen LogP) is 1.93. The molecule has 1 aliphatic heterocycles. The minimum Gasteiger partial charge on any atom is -0.353 e. The van der Waals surface area contributed by atoms with Crippen molar-refractivity contribution in [3.63, 3.8) is 0 Å².